The molecule has 0 spiro atoms. The number of guanidine groups is 1. The molecule has 0 aromatic heterocycles. The maximum absolute atomic E-state index is 4.31. The first-order valence-corrected chi connectivity index (χ1v) is 9.33. The van der Waals surface area contributed by atoms with Crippen LogP contribution >= 0.6 is 24.0 Å². The highest BCUT2D eigenvalue weighted by Gasteiger charge is 2.01. The number of rotatable bonds is 11. The zero-order chi connectivity index (χ0) is 17.6. The molecule has 1 aromatic carbocycles. The highest BCUT2D eigenvalue weighted by Crippen LogP contribution is 2.08. The fraction of sp³-hybridized carbons (Fsp3) is 0.650. The van der Waals surface area contributed by atoms with Crippen molar-refractivity contribution in [3.8, 4) is 0 Å². The molecule has 0 unspecified atom stereocenters. The lowest BCUT2D eigenvalue weighted by molar-refractivity contribution is 0.389. The van der Waals surface area contributed by atoms with Crippen molar-refractivity contribution >= 4 is 29.9 Å². The molecular formula is C20H37IN4. The molecule has 0 fully saturated rings. The smallest absolute Gasteiger partial charge is 0.191 e. The highest BCUT2D eigenvalue weighted by atomic mass is 127. The van der Waals surface area contributed by atoms with Gasteiger partial charge in [0.05, 0.1) is 0 Å². The van der Waals surface area contributed by atoms with Crippen LogP contribution in [0.25, 0.3) is 0 Å². The second-order valence-corrected chi connectivity index (χ2v) is 6.55. The van der Waals surface area contributed by atoms with E-state index in [1.807, 2.05) is 7.05 Å². The molecule has 0 aliphatic heterocycles. The third-order valence-corrected chi connectivity index (χ3v) is 4.24. The van der Waals surface area contributed by atoms with Gasteiger partial charge in [-0.1, -0.05) is 50.5 Å². The minimum absolute atomic E-state index is 0. The van der Waals surface area contributed by atoms with Gasteiger partial charge in [0.1, 0.15) is 0 Å². The van der Waals surface area contributed by atoms with E-state index in [4.69, 9.17) is 0 Å². The Balaban J connectivity index is 0.00000576. The highest BCUT2D eigenvalue weighted by molar-refractivity contribution is 14.0. The molecule has 0 heterocycles. The zero-order valence-electron chi connectivity index (χ0n) is 16.5. The van der Waals surface area contributed by atoms with Gasteiger partial charge < -0.3 is 15.5 Å². The molecular weight excluding hydrogens is 423 g/mol. The summed E-state index contributed by atoms with van der Waals surface area (Å²) in [5, 5.41) is 6.83. The van der Waals surface area contributed by atoms with Crippen LogP contribution in [0.4, 0.5) is 0 Å². The van der Waals surface area contributed by atoms with Crippen molar-refractivity contribution in [2.24, 2.45) is 4.99 Å². The summed E-state index contributed by atoms with van der Waals surface area (Å²) in [4.78, 5) is 6.57. The molecule has 144 valence electrons. The maximum atomic E-state index is 4.31. The van der Waals surface area contributed by atoms with Crippen LogP contribution in [0.2, 0.25) is 0 Å². The van der Waals surface area contributed by atoms with Crippen molar-refractivity contribution in [1.82, 2.24) is 15.5 Å². The Labute approximate surface area is 171 Å². The molecule has 0 aliphatic carbocycles. The molecule has 0 radical (unpaired) electrons. The molecule has 1 rings (SSSR count). The summed E-state index contributed by atoms with van der Waals surface area (Å²) in [5.74, 6) is 0.897. The van der Waals surface area contributed by atoms with Gasteiger partial charge in [0.2, 0.25) is 0 Å². The lowest BCUT2D eigenvalue weighted by Crippen LogP contribution is -2.37. The van der Waals surface area contributed by atoms with E-state index >= 15 is 0 Å². The van der Waals surface area contributed by atoms with Crippen LogP contribution < -0.4 is 10.6 Å². The Hall–Kier alpha value is -0.820. The molecule has 2 N–H and O–H groups in total. The third-order valence-electron chi connectivity index (χ3n) is 4.24. The standard InChI is InChI=1S/C20H36N4.HI/c1-5-18-13-9-10-14-19(18)17-23-20(21-2)22-15-11-7-6-8-12-16-24(3)4;/h9-10,13-14H,5-8,11-12,15-17H2,1-4H3,(H2,21,22,23);1H. The van der Waals surface area contributed by atoms with Crippen LogP contribution in [0.5, 0.6) is 0 Å². The Bertz CT molecular complexity index is 475. The zero-order valence-corrected chi connectivity index (χ0v) is 18.8. The van der Waals surface area contributed by atoms with Gasteiger partial charge in [-0.15, -0.1) is 24.0 Å². The van der Waals surface area contributed by atoms with Crippen LogP contribution in [-0.2, 0) is 13.0 Å². The molecule has 0 aliphatic rings. The number of nitrogens with one attached hydrogen (secondary N) is 2. The van der Waals surface area contributed by atoms with E-state index in [2.05, 4.69) is 65.8 Å². The van der Waals surface area contributed by atoms with E-state index in [9.17, 15) is 0 Å². The molecule has 5 heteroatoms. The van der Waals surface area contributed by atoms with Crippen molar-refractivity contribution in [1.29, 1.82) is 0 Å². The first-order chi connectivity index (χ1) is 11.7. The van der Waals surface area contributed by atoms with E-state index in [0.717, 1.165) is 25.5 Å². The quantitative estimate of drug-likeness (QED) is 0.227. The lowest BCUT2D eigenvalue weighted by Gasteiger charge is -2.14. The number of hydrogen-bond acceptors (Lipinski definition) is 2. The van der Waals surface area contributed by atoms with Crippen molar-refractivity contribution in [2.45, 2.75) is 52.0 Å². The number of aryl methyl sites for hydroxylation is 1. The number of unbranched alkanes of at least 4 members (excludes halogenated alkanes) is 4. The summed E-state index contributed by atoms with van der Waals surface area (Å²) in [6, 6.07) is 8.59. The van der Waals surface area contributed by atoms with Crippen molar-refractivity contribution in [3.63, 3.8) is 0 Å². The number of nitrogens with zero attached hydrogens (tertiary/aromatic N) is 2. The van der Waals surface area contributed by atoms with Crippen LogP contribution in [-0.4, -0.2) is 45.1 Å². The fourth-order valence-electron chi connectivity index (χ4n) is 2.76. The Morgan fingerprint density at radius 2 is 1.60 bits per heavy atom. The first-order valence-electron chi connectivity index (χ1n) is 9.33. The average Bonchev–Trinajstić information content (AvgIpc) is 2.59. The number of halogens is 1. The fourth-order valence-corrected chi connectivity index (χ4v) is 2.76. The molecule has 0 saturated heterocycles. The minimum Gasteiger partial charge on any atom is -0.356 e. The SMILES string of the molecule is CCc1ccccc1CNC(=NC)NCCCCCCCN(C)C.I. The summed E-state index contributed by atoms with van der Waals surface area (Å²) < 4.78 is 0. The lowest BCUT2D eigenvalue weighted by atomic mass is 10.1. The second-order valence-electron chi connectivity index (χ2n) is 6.55. The first kappa shape index (κ1) is 24.2. The topological polar surface area (TPSA) is 39.7 Å². The molecule has 0 amide bonds. The maximum Gasteiger partial charge on any atom is 0.191 e. The monoisotopic (exact) mass is 460 g/mol. The van der Waals surface area contributed by atoms with E-state index in [1.165, 1.54) is 49.8 Å². The number of aliphatic imine (C=N–C) groups is 1. The molecule has 0 saturated carbocycles. The Morgan fingerprint density at radius 1 is 0.960 bits per heavy atom. The van der Waals surface area contributed by atoms with Crippen LogP contribution in [0.1, 0.15) is 50.2 Å². The van der Waals surface area contributed by atoms with Crippen LogP contribution in [0.3, 0.4) is 0 Å². The van der Waals surface area contributed by atoms with Gasteiger partial charge in [0.25, 0.3) is 0 Å². The van der Waals surface area contributed by atoms with Gasteiger partial charge in [-0.25, -0.2) is 0 Å². The van der Waals surface area contributed by atoms with E-state index in [-0.39, 0.29) is 24.0 Å². The summed E-state index contributed by atoms with van der Waals surface area (Å²) in [5.41, 5.74) is 2.75. The van der Waals surface area contributed by atoms with Gasteiger partial charge in [-0.05, 0) is 51.0 Å². The number of benzene rings is 1. The predicted octanol–water partition coefficient (Wildman–Crippen LogP) is 4.04. The Morgan fingerprint density at radius 3 is 2.24 bits per heavy atom. The van der Waals surface area contributed by atoms with E-state index < -0.39 is 0 Å². The van der Waals surface area contributed by atoms with Gasteiger partial charge in [-0.3, -0.25) is 4.99 Å². The van der Waals surface area contributed by atoms with Crippen LogP contribution in [0, 0.1) is 0 Å². The molecule has 25 heavy (non-hydrogen) atoms. The summed E-state index contributed by atoms with van der Waals surface area (Å²) in [6.07, 6.45) is 7.52. The molecule has 0 bridgehead atoms. The summed E-state index contributed by atoms with van der Waals surface area (Å²) in [7, 11) is 6.12. The van der Waals surface area contributed by atoms with Gasteiger partial charge >= 0.3 is 0 Å². The largest absolute Gasteiger partial charge is 0.356 e. The summed E-state index contributed by atoms with van der Waals surface area (Å²) >= 11 is 0. The van der Waals surface area contributed by atoms with E-state index in [0.29, 0.717) is 0 Å². The predicted molar refractivity (Wildman–Crippen MR) is 121 cm³/mol. The van der Waals surface area contributed by atoms with Gasteiger partial charge in [-0.2, -0.15) is 0 Å². The minimum atomic E-state index is 0. The number of hydrogen-bond donors (Lipinski definition) is 2. The van der Waals surface area contributed by atoms with Crippen molar-refractivity contribution in [3.05, 3.63) is 35.4 Å². The Kier molecular flexibility index (Phi) is 14.9. The average molecular weight is 460 g/mol. The normalized spacial score (nSPS) is 11.3. The third kappa shape index (κ3) is 11.4. The summed E-state index contributed by atoms with van der Waals surface area (Å²) in [6.45, 7) is 5.22. The van der Waals surface area contributed by atoms with Gasteiger partial charge in [0, 0.05) is 20.1 Å². The molecule has 1 aromatic rings. The van der Waals surface area contributed by atoms with Gasteiger partial charge in [0.15, 0.2) is 5.96 Å². The second kappa shape index (κ2) is 15.4. The van der Waals surface area contributed by atoms with E-state index in [1.54, 1.807) is 0 Å². The van der Waals surface area contributed by atoms with Crippen molar-refractivity contribution < 1.29 is 0 Å². The molecule has 4 nitrogen and oxygen atoms in total. The van der Waals surface area contributed by atoms with Crippen molar-refractivity contribution in [2.75, 3.05) is 34.2 Å². The molecule has 0 atom stereocenters. The van der Waals surface area contributed by atoms with Crippen LogP contribution in [0.15, 0.2) is 29.3 Å².